The van der Waals surface area contributed by atoms with Gasteiger partial charge in [-0.15, -0.1) is 0 Å². The quantitative estimate of drug-likeness (QED) is 0.801. The summed E-state index contributed by atoms with van der Waals surface area (Å²) in [6, 6.07) is 0. The molecule has 1 aliphatic heterocycles. The zero-order valence-corrected chi connectivity index (χ0v) is 13.0. The van der Waals surface area contributed by atoms with Crippen molar-refractivity contribution < 1.29 is 4.74 Å². The third-order valence-corrected chi connectivity index (χ3v) is 3.74. The summed E-state index contributed by atoms with van der Waals surface area (Å²) < 4.78 is 5.82. The van der Waals surface area contributed by atoms with Crippen molar-refractivity contribution in [2.24, 2.45) is 0 Å². The third kappa shape index (κ3) is 4.53. The summed E-state index contributed by atoms with van der Waals surface area (Å²) in [6.45, 7) is 10.5. The largest absolute Gasteiger partial charge is 0.378 e. The summed E-state index contributed by atoms with van der Waals surface area (Å²) in [5.41, 5.74) is 1.21. The molecule has 2 heterocycles. The van der Waals surface area contributed by atoms with Gasteiger partial charge in [-0.3, -0.25) is 4.90 Å². The smallest absolute Gasteiger partial charge is 0.130 e. The van der Waals surface area contributed by atoms with E-state index >= 15 is 0 Å². The molecule has 2 rings (SSSR count). The van der Waals surface area contributed by atoms with E-state index in [9.17, 15) is 0 Å². The molecule has 4 nitrogen and oxygen atoms in total. The van der Waals surface area contributed by atoms with Gasteiger partial charge in [-0.25, -0.2) is 9.97 Å². The molecule has 1 aliphatic rings. The highest BCUT2D eigenvalue weighted by Gasteiger charge is 2.19. The third-order valence-electron chi connectivity index (χ3n) is 3.74. The molecule has 112 valence electrons. The van der Waals surface area contributed by atoms with Crippen molar-refractivity contribution >= 4 is 0 Å². The molecule has 1 aromatic rings. The van der Waals surface area contributed by atoms with Gasteiger partial charge in [0.15, 0.2) is 0 Å². The fraction of sp³-hybridized carbons (Fsp3) is 0.750. The topological polar surface area (TPSA) is 38.2 Å². The van der Waals surface area contributed by atoms with E-state index in [2.05, 4.69) is 35.6 Å². The van der Waals surface area contributed by atoms with Gasteiger partial charge >= 0.3 is 0 Å². The summed E-state index contributed by atoms with van der Waals surface area (Å²) in [6.07, 6.45) is 7.81. The molecule has 4 heteroatoms. The second-order valence-corrected chi connectivity index (χ2v) is 5.95. The molecule has 1 saturated heterocycles. The highest BCUT2D eigenvalue weighted by Crippen LogP contribution is 2.16. The summed E-state index contributed by atoms with van der Waals surface area (Å²) in [7, 11) is 0. The summed E-state index contributed by atoms with van der Waals surface area (Å²) in [5, 5.41) is 0. The summed E-state index contributed by atoms with van der Waals surface area (Å²) in [5.74, 6) is 1.33. The van der Waals surface area contributed by atoms with Crippen molar-refractivity contribution in [1.29, 1.82) is 0 Å². The molecule has 0 aromatic carbocycles. The van der Waals surface area contributed by atoms with Crippen LogP contribution in [0.5, 0.6) is 0 Å². The zero-order chi connectivity index (χ0) is 14.4. The SMILES string of the molecule is CCCOC1CCN(Cc2cnc(C(C)C)nc2)CC1. The van der Waals surface area contributed by atoms with Crippen LogP contribution >= 0.6 is 0 Å². The van der Waals surface area contributed by atoms with Crippen LogP contribution < -0.4 is 0 Å². The van der Waals surface area contributed by atoms with Gasteiger partial charge in [0.1, 0.15) is 5.82 Å². The number of hydrogen-bond acceptors (Lipinski definition) is 4. The van der Waals surface area contributed by atoms with Crippen molar-refractivity contribution in [3.8, 4) is 0 Å². The van der Waals surface area contributed by atoms with Gasteiger partial charge in [0.2, 0.25) is 0 Å². The van der Waals surface area contributed by atoms with Crippen LogP contribution in [0.2, 0.25) is 0 Å². The maximum atomic E-state index is 5.82. The first-order valence-corrected chi connectivity index (χ1v) is 7.83. The van der Waals surface area contributed by atoms with Crippen molar-refractivity contribution in [2.45, 2.75) is 58.6 Å². The van der Waals surface area contributed by atoms with Crippen molar-refractivity contribution in [2.75, 3.05) is 19.7 Å². The highest BCUT2D eigenvalue weighted by atomic mass is 16.5. The maximum absolute atomic E-state index is 5.82. The Bertz CT molecular complexity index is 383. The lowest BCUT2D eigenvalue weighted by molar-refractivity contribution is 0.00623. The Morgan fingerprint density at radius 1 is 1.25 bits per heavy atom. The van der Waals surface area contributed by atoms with Crippen LogP contribution in [0.1, 0.15) is 57.3 Å². The Morgan fingerprint density at radius 2 is 1.90 bits per heavy atom. The van der Waals surface area contributed by atoms with Gasteiger partial charge in [-0.05, 0) is 19.3 Å². The molecule has 0 atom stereocenters. The minimum Gasteiger partial charge on any atom is -0.378 e. The Hall–Kier alpha value is -1.00. The molecule has 0 N–H and O–H groups in total. The van der Waals surface area contributed by atoms with E-state index in [4.69, 9.17) is 4.74 Å². The molecule has 0 aliphatic carbocycles. The molecule has 0 bridgehead atoms. The van der Waals surface area contributed by atoms with Gasteiger partial charge < -0.3 is 4.74 Å². The molecule has 0 saturated carbocycles. The van der Waals surface area contributed by atoms with Crippen molar-refractivity contribution in [3.05, 3.63) is 23.8 Å². The molecule has 0 radical (unpaired) electrons. The molecule has 1 aromatic heterocycles. The Kier molecular flexibility index (Phi) is 5.92. The van der Waals surface area contributed by atoms with Gasteiger partial charge in [0.05, 0.1) is 6.10 Å². The molecule has 0 amide bonds. The van der Waals surface area contributed by atoms with E-state index in [0.29, 0.717) is 12.0 Å². The van der Waals surface area contributed by atoms with Crippen molar-refractivity contribution in [1.82, 2.24) is 14.9 Å². The molecule has 0 spiro atoms. The first-order valence-electron chi connectivity index (χ1n) is 7.83. The lowest BCUT2D eigenvalue weighted by atomic mass is 10.1. The Morgan fingerprint density at radius 3 is 2.45 bits per heavy atom. The standard InChI is InChI=1S/C16H27N3O/c1-4-9-20-15-5-7-19(8-6-15)12-14-10-17-16(13(2)3)18-11-14/h10-11,13,15H,4-9,12H2,1-3H3. The average Bonchev–Trinajstić information content (AvgIpc) is 2.47. The van der Waals surface area contributed by atoms with Crippen LogP contribution in [0.25, 0.3) is 0 Å². The fourth-order valence-electron chi connectivity index (χ4n) is 2.52. The van der Waals surface area contributed by atoms with Gasteiger partial charge in [0.25, 0.3) is 0 Å². The number of piperidine rings is 1. The number of rotatable bonds is 6. The minimum atomic E-state index is 0.399. The first-order chi connectivity index (χ1) is 9.69. The molecular formula is C16H27N3O. The van der Waals surface area contributed by atoms with E-state index in [0.717, 1.165) is 51.3 Å². The minimum absolute atomic E-state index is 0.399. The normalized spacial score (nSPS) is 17.8. The lowest BCUT2D eigenvalue weighted by Crippen LogP contribution is -2.36. The van der Waals surface area contributed by atoms with Crippen LogP contribution in [0.15, 0.2) is 12.4 Å². The molecule has 20 heavy (non-hydrogen) atoms. The molecular weight excluding hydrogens is 250 g/mol. The maximum Gasteiger partial charge on any atom is 0.130 e. The Balaban J connectivity index is 1.77. The van der Waals surface area contributed by atoms with E-state index < -0.39 is 0 Å². The fourth-order valence-corrected chi connectivity index (χ4v) is 2.52. The van der Waals surface area contributed by atoms with Crippen LogP contribution in [0.4, 0.5) is 0 Å². The lowest BCUT2D eigenvalue weighted by Gasteiger charge is -2.31. The van der Waals surface area contributed by atoms with Crippen LogP contribution in [0, 0.1) is 0 Å². The number of hydrogen-bond donors (Lipinski definition) is 0. The second kappa shape index (κ2) is 7.70. The summed E-state index contributed by atoms with van der Waals surface area (Å²) >= 11 is 0. The van der Waals surface area contributed by atoms with E-state index in [-0.39, 0.29) is 0 Å². The molecule has 0 unspecified atom stereocenters. The monoisotopic (exact) mass is 277 g/mol. The molecule has 1 fully saturated rings. The van der Waals surface area contributed by atoms with E-state index in [1.165, 1.54) is 5.56 Å². The van der Waals surface area contributed by atoms with Gasteiger partial charge in [0, 0.05) is 50.1 Å². The number of nitrogens with zero attached hydrogens (tertiary/aromatic N) is 3. The van der Waals surface area contributed by atoms with Crippen LogP contribution in [-0.2, 0) is 11.3 Å². The predicted octanol–water partition coefficient (Wildman–Crippen LogP) is 2.99. The number of aromatic nitrogens is 2. The number of ether oxygens (including phenoxy) is 1. The van der Waals surface area contributed by atoms with Crippen molar-refractivity contribution in [3.63, 3.8) is 0 Å². The zero-order valence-electron chi connectivity index (χ0n) is 13.0. The van der Waals surface area contributed by atoms with E-state index in [1.54, 1.807) is 0 Å². The number of likely N-dealkylation sites (tertiary alicyclic amines) is 1. The van der Waals surface area contributed by atoms with Crippen LogP contribution in [0.3, 0.4) is 0 Å². The average molecular weight is 277 g/mol. The summed E-state index contributed by atoms with van der Waals surface area (Å²) in [4.78, 5) is 11.3. The van der Waals surface area contributed by atoms with Crippen LogP contribution in [-0.4, -0.2) is 40.7 Å². The first kappa shape index (κ1) is 15.4. The van der Waals surface area contributed by atoms with Gasteiger partial charge in [-0.1, -0.05) is 20.8 Å². The van der Waals surface area contributed by atoms with Gasteiger partial charge in [-0.2, -0.15) is 0 Å². The predicted molar refractivity (Wildman–Crippen MR) is 80.7 cm³/mol. The second-order valence-electron chi connectivity index (χ2n) is 5.95. The highest BCUT2D eigenvalue weighted by molar-refractivity contribution is 5.06. The van der Waals surface area contributed by atoms with E-state index in [1.807, 2.05) is 12.4 Å². The Labute approximate surface area is 122 Å².